The van der Waals surface area contributed by atoms with Gasteiger partial charge in [0, 0.05) is 17.5 Å². The number of fused-ring (bicyclic) bond motifs is 1. The minimum absolute atomic E-state index is 0.0335. The van der Waals surface area contributed by atoms with E-state index in [1.165, 1.54) is 32.1 Å². The highest BCUT2D eigenvalue weighted by Gasteiger charge is 2.64. The van der Waals surface area contributed by atoms with Gasteiger partial charge in [0.15, 0.2) is 0 Å². The van der Waals surface area contributed by atoms with Crippen molar-refractivity contribution in [3.8, 4) is 0 Å². The first-order valence-corrected chi connectivity index (χ1v) is 9.52. The van der Waals surface area contributed by atoms with Crippen molar-refractivity contribution in [2.45, 2.75) is 63.9 Å². The molecule has 27 heavy (non-hydrogen) atoms. The van der Waals surface area contributed by atoms with Crippen LogP contribution in [0.1, 0.15) is 68.1 Å². The molecule has 0 saturated heterocycles. The zero-order chi connectivity index (χ0) is 19.2. The van der Waals surface area contributed by atoms with Crippen molar-refractivity contribution in [1.29, 1.82) is 0 Å². The highest BCUT2D eigenvalue weighted by molar-refractivity contribution is 5.91. The van der Waals surface area contributed by atoms with Crippen LogP contribution in [0.4, 0.5) is 11.4 Å². The number of hydrogen-bond donors (Lipinski definition) is 0. The zero-order valence-electron chi connectivity index (χ0n) is 15.0. The average molecular weight is 374 g/mol. The van der Waals surface area contributed by atoms with E-state index in [0.29, 0.717) is 0 Å². The van der Waals surface area contributed by atoms with Crippen LogP contribution in [0.15, 0.2) is 18.2 Å². The summed E-state index contributed by atoms with van der Waals surface area (Å²) >= 11 is 0. The molecule has 0 aliphatic heterocycles. The van der Waals surface area contributed by atoms with Gasteiger partial charge in [-0.2, -0.15) is 0 Å². The first-order valence-electron chi connectivity index (χ1n) is 9.52. The molecule has 0 radical (unpaired) electrons. The first-order chi connectivity index (χ1) is 12.9. The minimum atomic E-state index is -0.737. The lowest BCUT2D eigenvalue weighted by molar-refractivity contribution is -0.394. The molecule has 4 rings (SSSR count). The Hall–Kier alpha value is -2.51. The van der Waals surface area contributed by atoms with E-state index in [2.05, 4.69) is 0 Å². The zero-order valence-corrected chi connectivity index (χ0v) is 15.0. The summed E-state index contributed by atoms with van der Waals surface area (Å²) in [5.41, 5.74) is -0.784. The Labute approximate surface area is 156 Å². The SMILES string of the molecule is O=C(O[C@H]1CC[C@@]12CCCC21CCCC1)c1cc([N+](=O)[O-])cc([N+](=O)[O-])c1. The van der Waals surface area contributed by atoms with Crippen LogP contribution in [0, 0.1) is 31.1 Å². The van der Waals surface area contributed by atoms with Crippen LogP contribution in [0.2, 0.25) is 0 Å². The maximum atomic E-state index is 12.7. The summed E-state index contributed by atoms with van der Waals surface area (Å²) in [6.45, 7) is 0. The molecule has 1 aromatic carbocycles. The summed E-state index contributed by atoms with van der Waals surface area (Å²) < 4.78 is 5.78. The van der Waals surface area contributed by atoms with E-state index < -0.39 is 27.2 Å². The molecule has 144 valence electrons. The van der Waals surface area contributed by atoms with Crippen LogP contribution in [-0.4, -0.2) is 21.9 Å². The molecule has 3 aliphatic carbocycles. The van der Waals surface area contributed by atoms with Crippen LogP contribution in [0.5, 0.6) is 0 Å². The highest BCUT2D eigenvalue weighted by Crippen LogP contribution is 2.69. The third-order valence-corrected chi connectivity index (χ3v) is 7.17. The van der Waals surface area contributed by atoms with Crippen LogP contribution in [-0.2, 0) is 4.74 Å². The van der Waals surface area contributed by atoms with Crippen molar-refractivity contribution < 1.29 is 19.4 Å². The average Bonchev–Trinajstić information content (AvgIpc) is 3.27. The maximum absolute atomic E-state index is 12.7. The van der Waals surface area contributed by atoms with Crippen molar-refractivity contribution in [3.63, 3.8) is 0 Å². The molecule has 0 heterocycles. The Morgan fingerprint density at radius 2 is 1.52 bits per heavy atom. The number of esters is 1. The van der Waals surface area contributed by atoms with Gasteiger partial charge in [0.2, 0.25) is 0 Å². The number of rotatable bonds is 4. The smallest absolute Gasteiger partial charge is 0.338 e. The van der Waals surface area contributed by atoms with E-state index in [9.17, 15) is 25.0 Å². The Bertz CT molecular complexity index is 779. The fraction of sp³-hybridized carbons (Fsp3) is 0.632. The van der Waals surface area contributed by atoms with Crippen LogP contribution in [0.25, 0.3) is 0 Å². The van der Waals surface area contributed by atoms with E-state index >= 15 is 0 Å². The van der Waals surface area contributed by atoms with Gasteiger partial charge in [-0.05, 0) is 43.9 Å². The molecule has 0 N–H and O–H groups in total. The summed E-state index contributed by atoms with van der Waals surface area (Å²) in [6, 6.07) is 2.97. The Morgan fingerprint density at radius 1 is 0.926 bits per heavy atom. The molecular formula is C19H22N2O6. The van der Waals surface area contributed by atoms with E-state index in [0.717, 1.165) is 43.9 Å². The van der Waals surface area contributed by atoms with Crippen LogP contribution in [0.3, 0.4) is 0 Å². The lowest BCUT2D eigenvalue weighted by Gasteiger charge is -2.55. The van der Waals surface area contributed by atoms with Crippen molar-refractivity contribution in [2.24, 2.45) is 10.8 Å². The van der Waals surface area contributed by atoms with Gasteiger partial charge in [-0.3, -0.25) is 20.2 Å². The number of benzene rings is 1. The number of hydrogen-bond acceptors (Lipinski definition) is 6. The number of nitrogens with zero attached hydrogens (tertiary/aromatic N) is 2. The van der Waals surface area contributed by atoms with Gasteiger partial charge in [0.1, 0.15) is 6.10 Å². The summed E-state index contributed by atoms with van der Waals surface area (Å²) in [7, 11) is 0. The van der Waals surface area contributed by atoms with Gasteiger partial charge in [-0.25, -0.2) is 4.79 Å². The van der Waals surface area contributed by atoms with E-state index in [1.54, 1.807) is 0 Å². The van der Waals surface area contributed by atoms with Gasteiger partial charge >= 0.3 is 5.97 Å². The summed E-state index contributed by atoms with van der Waals surface area (Å²) in [5, 5.41) is 22.1. The Morgan fingerprint density at radius 3 is 2.04 bits per heavy atom. The molecule has 0 unspecified atom stereocenters. The summed E-state index contributed by atoms with van der Waals surface area (Å²) in [6.07, 6.45) is 9.86. The molecule has 1 aromatic rings. The molecule has 2 atom stereocenters. The quantitative estimate of drug-likeness (QED) is 0.434. The fourth-order valence-corrected chi connectivity index (χ4v) is 5.85. The molecule has 0 amide bonds. The number of nitro benzene ring substituents is 2. The number of carbonyl (C=O) groups excluding carboxylic acids is 1. The predicted molar refractivity (Wildman–Crippen MR) is 95.4 cm³/mol. The van der Waals surface area contributed by atoms with E-state index in [-0.39, 0.29) is 22.5 Å². The van der Waals surface area contributed by atoms with Crippen molar-refractivity contribution in [2.75, 3.05) is 0 Å². The number of carbonyl (C=O) groups is 1. The molecule has 2 spiro atoms. The Balaban J connectivity index is 1.58. The topological polar surface area (TPSA) is 113 Å². The maximum Gasteiger partial charge on any atom is 0.338 e. The van der Waals surface area contributed by atoms with Gasteiger partial charge in [0.05, 0.1) is 21.5 Å². The first kappa shape index (κ1) is 17.9. The Kier molecular flexibility index (Phi) is 4.16. The fourth-order valence-electron chi connectivity index (χ4n) is 5.85. The van der Waals surface area contributed by atoms with Crippen molar-refractivity contribution >= 4 is 17.3 Å². The van der Waals surface area contributed by atoms with E-state index in [4.69, 9.17) is 4.74 Å². The van der Waals surface area contributed by atoms with Crippen LogP contribution >= 0.6 is 0 Å². The molecule has 3 fully saturated rings. The van der Waals surface area contributed by atoms with Gasteiger partial charge in [-0.15, -0.1) is 0 Å². The van der Waals surface area contributed by atoms with Gasteiger partial charge in [-0.1, -0.05) is 19.3 Å². The standard InChI is InChI=1S/C19H22N2O6/c22-17(13-10-14(20(23)24)12-15(11-13)21(25)26)27-16-4-9-19(16)8-3-7-18(19)5-1-2-6-18/h10-12,16H,1-9H2/t16-,19-/m0/s1. The lowest BCUT2D eigenvalue weighted by Crippen LogP contribution is -2.54. The molecule has 0 aromatic heterocycles. The van der Waals surface area contributed by atoms with Crippen molar-refractivity contribution in [1.82, 2.24) is 0 Å². The third-order valence-electron chi connectivity index (χ3n) is 7.17. The molecule has 0 bridgehead atoms. The minimum Gasteiger partial charge on any atom is -0.458 e. The number of non-ortho nitro benzene ring substituents is 2. The van der Waals surface area contributed by atoms with E-state index in [1.807, 2.05) is 0 Å². The monoisotopic (exact) mass is 374 g/mol. The molecule has 8 heteroatoms. The summed E-state index contributed by atoms with van der Waals surface area (Å²) in [4.78, 5) is 33.3. The third kappa shape index (κ3) is 2.69. The number of nitro groups is 2. The molecular weight excluding hydrogens is 352 g/mol. The second kappa shape index (κ2) is 6.28. The number of ether oxygens (including phenoxy) is 1. The highest BCUT2D eigenvalue weighted by atomic mass is 16.6. The predicted octanol–water partition coefficient (Wildman–Crippen LogP) is 4.55. The molecule has 3 aliphatic rings. The largest absolute Gasteiger partial charge is 0.458 e. The lowest BCUT2D eigenvalue weighted by atomic mass is 9.52. The molecule has 8 nitrogen and oxygen atoms in total. The van der Waals surface area contributed by atoms with Gasteiger partial charge in [0.25, 0.3) is 11.4 Å². The summed E-state index contributed by atoms with van der Waals surface area (Å²) in [5.74, 6) is -0.703. The molecule has 3 saturated carbocycles. The van der Waals surface area contributed by atoms with Crippen LogP contribution < -0.4 is 0 Å². The second-order valence-electron chi connectivity index (χ2n) is 8.18. The van der Waals surface area contributed by atoms with Crippen molar-refractivity contribution in [3.05, 3.63) is 44.0 Å². The van der Waals surface area contributed by atoms with Gasteiger partial charge < -0.3 is 4.74 Å². The normalized spacial score (nSPS) is 28.2. The second-order valence-corrected chi connectivity index (χ2v) is 8.18.